The van der Waals surface area contributed by atoms with Crippen LogP contribution in [0.3, 0.4) is 0 Å². The van der Waals surface area contributed by atoms with E-state index in [-0.39, 0.29) is 17.5 Å². The van der Waals surface area contributed by atoms with E-state index in [1.54, 1.807) is 31.2 Å². The van der Waals surface area contributed by atoms with E-state index < -0.39 is 17.9 Å². The van der Waals surface area contributed by atoms with Crippen molar-refractivity contribution in [1.29, 1.82) is 0 Å². The third-order valence-corrected chi connectivity index (χ3v) is 4.08. The summed E-state index contributed by atoms with van der Waals surface area (Å²) in [5.74, 6) is -0.503. The summed E-state index contributed by atoms with van der Waals surface area (Å²) in [6, 6.07) is 13.3. The molecule has 0 aliphatic heterocycles. The highest BCUT2D eigenvalue weighted by atomic mass is 19.1. The number of halogens is 1. The van der Waals surface area contributed by atoms with Crippen LogP contribution in [0, 0.1) is 5.82 Å². The summed E-state index contributed by atoms with van der Waals surface area (Å²) in [5.41, 5.74) is 6.45. The van der Waals surface area contributed by atoms with Crippen molar-refractivity contribution in [2.75, 3.05) is 12.4 Å². The van der Waals surface area contributed by atoms with Crippen LogP contribution in [0.25, 0.3) is 11.3 Å². The first-order valence-corrected chi connectivity index (χ1v) is 8.93. The Morgan fingerprint density at radius 1 is 1.03 bits per heavy atom. The van der Waals surface area contributed by atoms with Crippen LogP contribution >= 0.6 is 0 Å². The Labute approximate surface area is 171 Å². The smallest absolute Gasteiger partial charge is 0.328 e. The zero-order chi connectivity index (χ0) is 21.7. The average molecular weight is 410 g/mol. The second kappa shape index (κ2) is 8.99. The van der Waals surface area contributed by atoms with Crippen LogP contribution in [0.15, 0.2) is 54.6 Å². The van der Waals surface area contributed by atoms with Crippen molar-refractivity contribution >= 4 is 17.8 Å². The standard InChI is InChI=1S/C21H19FN4O4/c1-12(20(28)29-2)24-21-25-17(11-18(26-21)19(23)27)13-3-7-15(8-4-13)30-16-9-5-14(22)6-10-16/h3-12H,1-2H3,(H2,23,27)(H,24,25,26)/t12-/m0/s1. The second-order valence-corrected chi connectivity index (χ2v) is 6.30. The highest BCUT2D eigenvalue weighted by Gasteiger charge is 2.17. The predicted octanol–water partition coefficient (Wildman–Crippen LogP) is 3.15. The van der Waals surface area contributed by atoms with Crippen molar-refractivity contribution in [3.63, 3.8) is 0 Å². The summed E-state index contributed by atoms with van der Waals surface area (Å²) in [5, 5.41) is 2.79. The monoisotopic (exact) mass is 410 g/mol. The van der Waals surface area contributed by atoms with Gasteiger partial charge in [0.1, 0.15) is 29.1 Å². The van der Waals surface area contributed by atoms with E-state index in [9.17, 15) is 14.0 Å². The lowest BCUT2D eigenvalue weighted by Gasteiger charge is -2.13. The highest BCUT2D eigenvalue weighted by molar-refractivity contribution is 5.92. The summed E-state index contributed by atoms with van der Waals surface area (Å²) in [4.78, 5) is 31.7. The first-order valence-electron chi connectivity index (χ1n) is 8.93. The van der Waals surface area contributed by atoms with E-state index in [1.807, 2.05) is 0 Å². The second-order valence-electron chi connectivity index (χ2n) is 6.30. The van der Waals surface area contributed by atoms with Crippen LogP contribution in [0.5, 0.6) is 11.5 Å². The topological polar surface area (TPSA) is 116 Å². The molecule has 0 bridgehead atoms. The number of amides is 1. The van der Waals surface area contributed by atoms with Crippen LogP contribution in [0.1, 0.15) is 17.4 Å². The number of benzene rings is 2. The molecule has 0 radical (unpaired) electrons. The molecule has 3 aromatic rings. The number of methoxy groups -OCH3 is 1. The van der Waals surface area contributed by atoms with Crippen LogP contribution in [0.4, 0.5) is 10.3 Å². The molecule has 0 unspecified atom stereocenters. The molecule has 1 heterocycles. The SMILES string of the molecule is COC(=O)[C@H](C)Nc1nc(C(N)=O)cc(-c2ccc(Oc3ccc(F)cc3)cc2)n1. The van der Waals surface area contributed by atoms with Crippen LogP contribution < -0.4 is 15.8 Å². The normalized spacial score (nSPS) is 11.4. The fraction of sp³-hybridized carbons (Fsp3) is 0.143. The van der Waals surface area contributed by atoms with Gasteiger partial charge in [-0.15, -0.1) is 0 Å². The Morgan fingerprint density at radius 2 is 1.63 bits per heavy atom. The Balaban J connectivity index is 1.85. The minimum Gasteiger partial charge on any atom is -0.467 e. The summed E-state index contributed by atoms with van der Waals surface area (Å²) in [6.45, 7) is 1.58. The minimum absolute atomic E-state index is 0.00814. The van der Waals surface area contributed by atoms with Gasteiger partial charge in [-0.25, -0.2) is 19.2 Å². The molecule has 154 valence electrons. The van der Waals surface area contributed by atoms with Crippen LogP contribution in [0.2, 0.25) is 0 Å². The maximum atomic E-state index is 13.0. The quantitative estimate of drug-likeness (QED) is 0.575. The summed E-state index contributed by atoms with van der Waals surface area (Å²) in [7, 11) is 1.27. The van der Waals surface area contributed by atoms with E-state index in [0.717, 1.165) is 0 Å². The molecule has 2 aromatic carbocycles. The number of primary amides is 1. The molecule has 0 spiro atoms. The van der Waals surface area contributed by atoms with Gasteiger partial charge in [-0.3, -0.25) is 4.79 Å². The maximum Gasteiger partial charge on any atom is 0.328 e. The van der Waals surface area contributed by atoms with Gasteiger partial charge in [0.15, 0.2) is 0 Å². The van der Waals surface area contributed by atoms with Crippen molar-refractivity contribution in [2.45, 2.75) is 13.0 Å². The maximum absolute atomic E-state index is 13.0. The molecule has 1 atom stereocenters. The largest absolute Gasteiger partial charge is 0.467 e. The number of hydrogen-bond acceptors (Lipinski definition) is 7. The van der Waals surface area contributed by atoms with Gasteiger partial charge in [0, 0.05) is 5.56 Å². The number of anilines is 1. The lowest BCUT2D eigenvalue weighted by molar-refractivity contribution is -0.141. The third-order valence-electron chi connectivity index (χ3n) is 4.08. The molecular weight excluding hydrogens is 391 g/mol. The molecule has 8 nitrogen and oxygen atoms in total. The van der Waals surface area contributed by atoms with Crippen molar-refractivity contribution in [2.24, 2.45) is 5.73 Å². The van der Waals surface area contributed by atoms with Gasteiger partial charge in [0.25, 0.3) is 5.91 Å². The molecule has 1 aromatic heterocycles. The minimum atomic E-state index is -0.733. The molecule has 0 saturated heterocycles. The van der Waals surface area contributed by atoms with Gasteiger partial charge < -0.3 is 20.5 Å². The average Bonchev–Trinajstić information content (AvgIpc) is 2.75. The number of nitrogens with zero attached hydrogens (tertiary/aromatic N) is 2. The summed E-state index contributed by atoms with van der Waals surface area (Å²) < 4.78 is 23.3. The third kappa shape index (κ3) is 5.07. The molecule has 1 amide bonds. The van der Waals surface area contributed by atoms with Crippen molar-refractivity contribution in [1.82, 2.24) is 9.97 Å². The van der Waals surface area contributed by atoms with E-state index >= 15 is 0 Å². The van der Waals surface area contributed by atoms with Gasteiger partial charge in [0.2, 0.25) is 5.95 Å². The van der Waals surface area contributed by atoms with Crippen molar-refractivity contribution in [3.8, 4) is 22.8 Å². The van der Waals surface area contributed by atoms with Crippen molar-refractivity contribution in [3.05, 3.63) is 66.1 Å². The molecule has 0 saturated carbocycles. The van der Waals surface area contributed by atoms with Gasteiger partial charge >= 0.3 is 5.97 Å². The van der Waals surface area contributed by atoms with Crippen LogP contribution in [-0.4, -0.2) is 35.0 Å². The Bertz CT molecular complexity index is 1060. The van der Waals surface area contributed by atoms with Gasteiger partial charge in [-0.2, -0.15) is 0 Å². The number of hydrogen-bond donors (Lipinski definition) is 2. The van der Waals surface area contributed by atoms with E-state index in [4.69, 9.17) is 10.5 Å². The van der Waals surface area contributed by atoms with Gasteiger partial charge in [0.05, 0.1) is 12.8 Å². The molecule has 3 N–H and O–H groups in total. The number of rotatable bonds is 7. The van der Waals surface area contributed by atoms with Crippen molar-refractivity contribution < 1.29 is 23.5 Å². The fourth-order valence-electron chi connectivity index (χ4n) is 2.55. The first-order chi connectivity index (χ1) is 14.4. The summed E-state index contributed by atoms with van der Waals surface area (Å²) >= 11 is 0. The number of esters is 1. The molecular formula is C21H19FN4O4. The number of nitrogens with two attached hydrogens (primary N) is 1. The fourth-order valence-corrected chi connectivity index (χ4v) is 2.55. The Morgan fingerprint density at radius 3 is 2.20 bits per heavy atom. The molecule has 30 heavy (non-hydrogen) atoms. The van der Waals surface area contributed by atoms with Gasteiger partial charge in [-0.05, 0) is 61.5 Å². The number of ether oxygens (including phenoxy) is 2. The Hall–Kier alpha value is -4.01. The van der Waals surface area contributed by atoms with Gasteiger partial charge in [-0.1, -0.05) is 0 Å². The Kier molecular flexibility index (Phi) is 6.21. The number of carbonyl (C=O) groups is 2. The molecule has 0 fully saturated rings. The predicted molar refractivity (Wildman–Crippen MR) is 108 cm³/mol. The number of aromatic nitrogens is 2. The highest BCUT2D eigenvalue weighted by Crippen LogP contribution is 2.26. The summed E-state index contributed by atoms with van der Waals surface area (Å²) in [6.07, 6.45) is 0. The first kappa shape index (κ1) is 20.7. The zero-order valence-corrected chi connectivity index (χ0v) is 16.3. The number of nitrogens with one attached hydrogen (secondary N) is 1. The molecule has 0 aliphatic carbocycles. The van der Waals surface area contributed by atoms with Crippen LogP contribution in [-0.2, 0) is 9.53 Å². The van der Waals surface area contributed by atoms with E-state index in [0.29, 0.717) is 22.8 Å². The van der Waals surface area contributed by atoms with E-state index in [2.05, 4.69) is 20.0 Å². The molecule has 0 aliphatic rings. The lowest BCUT2D eigenvalue weighted by atomic mass is 10.1. The number of carbonyl (C=O) groups excluding carboxylic acids is 2. The van der Waals surface area contributed by atoms with E-state index in [1.165, 1.54) is 37.4 Å². The molecule has 3 rings (SSSR count). The zero-order valence-electron chi connectivity index (χ0n) is 16.3. The molecule has 9 heteroatoms. The lowest BCUT2D eigenvalue weighted by Crippen LogP contribution is -2.28.